The summed E-state index contributed by atoms with van der Waals surface area (Å²) in [5.41, 5.74) is 8.72. The number of hydrogen-bond acceptors (Lipinski definition) is 4. The van der Waals surface area contributed by atoms with Crippen molar-refractivity contribution >= 4 is 27.3 Å². The van der Waals surface area contributed by atoms with Gasteiger partial charge in [-0.1, -0.05) is 22.0 Å². The number of hydrogen-bond donors (Lipinski definition) is 2. The van der Waals surface area contributed by atoms with E-state index < -0.39 is 0 Å². The van der Waals surface area contributed by atoms with Gasteiger partial charge in [0, 0.05) is 11.0 Å². The van der Waals surface area contributed by atoms with Crippen LogP contribution in [-0.2, 0) is 6.54 Å². The second-order valence-corrected chi connectivity index (χ2v) is 5.48. The van der Waals surface area contributed by atoms with E-state index in [1.807, 2.05) is 36.4 Å². The van der Waals surface area contributed by atoms with Crippen molar-refractivity contribution in [3.05, 3.63) is 46.4 Å². The molecule has 0 radical (unpaired) electrons. The number of nitrogens with one attached hydrogen (secondary N) is 1. The summed E-state index contributed by atoms with van der Waals surface area (Å²) in [4.78, 5) is 0. The van der Waals surface area contributed by atoms with Gasteiger partial charge in [-0.25, -0.2) is 0 Å². The molecule has 0 unspecified atom stereocenters. The normalized spacial score (nSPS) is 13.1. The van der Waals surface area contributed by atoms with Gasteiger partial charge in [0.1, 0.15) is 13.2 Å². The minimum atomic E-state index is 0.601. The summed E-state index contributed by atoms with van der Waals surface area (Å²) < 4.78 is 12.0. The van der Waals surface area contributed by atoms with Gasteiger partial charge in [-0.2, -0.15) is 0 Å². The lowest BCUT2D eigenvalue weighted by Gasteiger charge is -2.19. The third-order valence-electron chi connectivity index (χ3n) is 3.10. The summed E-state index contributed by atoms with van der Waals surface area (Å²) in [6, 6.07) is 11.8. The molecule has 0 aromatic heterocycles. The molecule has 0 spiro atoms. The van der Waals surface area contributed by atoms with Crippen LogP contribution in [0.3, 0.4) is 0 Å². The monoisotopic (exact) mass is 334 g/mol. The molecule has 20 heavy (non-hydrogen) atoms. The molecule has 1 aliphatic rings. The van der Waals surface area contributed by atoms with Crippen LogP contribution in [0.4, 0.5) is 11.4 Å². The molecule has 3 N–H and O–H groups in total. The molecule has 0 saturated heterocycles. The Morgan fingerprint density at radius 1 is 1.05 bits per heavy atom. The molecule has 0 fully saturated rings. The fourth-order valence-corrected chi connectivity index (χ4v) is 2.47. The molecule has 0 atom stereocenters. The predicted octanol–water partition coefficient (Wildman–Crippen LogP) is 3.41. The highest BCUT2D eigenvalue weighted by molar-refractivity contribution is 9.10. The van der Waals surface area contributed by atoms with Crippen molar-refractivity contribution in [2.75, 3.05) is 24.3 Å². The van der Waals surface area contributed by atoms with E-state index in [0.29, 0.717) is 19.8 Å². The number of halogens is 1. The van der Waals surface area contributed by atoms with Gasteiger partial charge in [0.05, 0.1) is 11.4 Å². The zero-order valence-corrected chi connectivity index (χ0v) is 12.4. The molecule has 0 bridgehead atoms. The van der Waals surface area contributed by atoms with E-state index in [4.69, 9.17) is 15.2 Å². The fourth-order valence-electron chi connectivity index (χ4n) is 2.09. The van der Waals surface area contributed by atoms with Gasteiger partial charge < -0.3 is 20.5 Å². The number of fused-ring (bicyclic) bond motifs is 1. The van der Waals surface area contributed by atoms with Gasteiger partial charge in [-0.15, -0.1) is 0 Å². The molecule has 1 heterocycles. The fraction of sp³-hybridized carbons (Fsp3) is 0.200. The van der Waals surface area contributed by atoms with Crippen molar-refractivity contribution in [3.63, 3.8) is 0 Å². The van der Waals surface area contributed by atoms with E-state index in [9.17, 15) is 0 Å². The van der Waals surface area contributed by atoms with Crippen LogP contribution >= 0.6 is 15.9 Å². The number of rotatable bonds is 3. The minimum Gasteiger partial charge on any atom is -0.486 e. The lowest BCUT2D eigenvalue weighted by molar-refractivity contribution is 0.171. The van der Waals surface area contributed by atoms with Crippen molar-refractivity contribution in [2.45, 2.75) is 6.54 Å². The predicted molar refractivity (Wildman–Crippen MR) is 83.3 cm³/mol. The summed E-state index contributed by atoms with van der Waals surface area (Å²) in [6.45, 7) is 1.89. The molecular weight excluding hydrogens is 320 g/mol. The maximum absolute atomic E-state index is 5.96. The highest BCUT2D eigenvalue weighted by atomic mass is 79.9. The van der Waals surface area contributed by atoms with Crippen molar-refractivity contribution < 1.29 is 9.47 Å². The lowest BCUT2D eigenvalue weighted by Crippen LogP contribution is -2.15. The van der Waals surface area contributed by atoms with Gasteiger partial charge in [0.25, 0.3) is 0 Å². The highest BCUT2D eigenvalue weighted by Crippen LogP contribution is 2.31. The van der Waals surface area contributed by atoms with Gasteiger partial charge in [-0.05, 0) is 35.9 Å². The Balaban J connectivity index is 1.72. The first-order chi connectivity index (χ1) is 9.72. The van der Waals surface area contributed by atoms with Crippen LogP contribution in [0, 0.1) is 0 Å². The van der Waals surface area contributed by atoms with E-state index in [0.717, 1.165) is 32.9 Å². The summed E-state index contributed by atoms with van der Waals surface area (Å²) in [7, 11) is 0. The number of anilines is 2. The number of nitrogen functional groups attached to an aromatic ring is 1. The van der Waals surface area contributed by atoms with Gasteiger partial charge in [-0.3, -0.25) is 0 Å². The Bertz CT molecular complexity index is 631. The van der Waals surface area contributed by atoms with E-state index in [1.165, 1.54) is 0 Å². The van der Waals surface area contributed by atoms with E-state index in [1.54, 1.807) is 0 Å². The molecule has 4 nitrogen and oxygen atoms in total. The standard InChI is InChI=1S/C15H15BrN2O2/c16-11-2-3-13(12(17)8-11)18-9-10-1-4-14-15(7-10)20-6-5-19-14/h1-4,7-8,18H,5-6,9,17H2. The van der Waals surface area contributed by atoms with Crippen molar-refractivity contribution in [1.29, 1.82) is 0 Å². The van der Waals surface area contributed by atoms with Crippen molar-refractivity contribution in [1.82, 2.24) is 0 Å². The summed E-state index contributed by atoms with van der Waals surface area (Å²) in [5.74, 6) is 1.61. The Morgan fingerprint density at radius 2 is 1.85 bits per heavy atom. The van der Waals surface area contributed by atoms with Crippen molar-refractivity contribution in [2.24, 2.45) is 0 Å². The topological polar surface area (TPSA) is 56.5 Å². The Morgan fingerprint density at radius 3 is 2.65 bits per heavy atom. The SMILES string of the molecule is Nc1cc(Br)ccc1NCc1ccc2c(c1)OCCO2. The molecule has 0 amide bonds. The Kier molecular flexibility index (Phi) is 3.69. The quantitative estimate of drug-likeness (QED) is 0.844. The van der Waals surface area contributed by atoms with Crippen LogP contribution in [0.1, 0.15) is 5.56 Å². The number of benzene rings is 2. The summed E-state index contributed by atoms with van der Waals surface area (Å²) >= 11 is 3.40. The summed E-state index contributed by atoms with van der Waals surface area (Å²) in [5, 5.41) is 3.32. The lowest BCUT2D eigenvalue weighted by atomic mass is 10.2. The van der Waals surface area contributed by atoms with Crippen LogP contribution in [0.15, 0.2) is 40.9 Å². The first-order valence-corrected chi connectivity index (χ1v) is 7.19. The number of ether oxygens (including phenoxy) is 2. The van der Waals surface area contributed by atoms with Gasteiger partial charge in [0.2, 0.25) is 0 Å². The molecule has 104 valence electrons. The zero-order valence-electron chi connectivity index (χ0n) is 10.9. The largest absolute Gasteiger partial charge is 0.486 e. The van der Waals surface area contributed by atoms with Crippen LogP contribution in [0.25, 0.3) is 0 Å². The van der Waals surface area contributed by atoms with E-state index in [-0.39, 0.29) is 0 Å². The Hall–Kier alpha value is -1.88. The molecular formula is C15H15BrN2O2. The maximum atomic E-state index is 5.96. The third kappa shape index (κ3) is 2.82. The molecule has 2 aromatic rings. The third-order valence-corrected chi connectivity index (χ3v) is 3.60. The van der Waals surface area contributed by atoms with Gasteiger partial charge in [0.15, 0.2) is 11.5 Å². The molecule has 1 aliphatic heterocycles. The Labute approximate surface area is 126 Å². The average Bonchev–Trinajstić information content (AvgIpc) is 2.46. The molecule has 0 saturated carbocycles. The van der Waals surface area contributed by atoms with Crippen LogP contribution < -0.4 is 20.5 Å². The number of nitrogens with two attached hydrogens (primary N) is 1. The summed E-state index contributed by atoms with van der Waals surface area (Å²) in [6.07, 6.45) is 0. The van der Waals surface area contributed by atoms with Crippen molar-refractivity contribution in [3.8, 4) is 11.5 Å². The van der Waals surface area contributed by atoms with Crippen LogP contribution in [0.2, 0.25) is 0 Å². The first-order valence-electron chi connectivity index (χ1n) is 6.40. The minimum absolute atomic E-state index is 0.601. The zero-order chi connectivity index (χ0) is 13.9. The molecule has 3 rings (SSSR count). The smallest absolute Gasteiger partial charge is 0.161 e. The maximum Gasteiger partial charge on any atom is 0.161 e. The van der Waals surface area contributed by atoms with E-state index >= 15 is 0 Å². The van der Waals surface area contributed by atoms with Gasteiger partial charge >= 0.3 is 0 Å². The van der Waals surface area contributed by atoms with E-state index in [2.05, 4.69) is 21.2 Å². The van der Waals surface area contributed by atoms with Crippen LogP contribution in [0.5, 0.6) is 11.5 Å². The molecule has 0 aliphatic carbocycles. The molecule has 5 heteroatoms. The second-order valence-electron chi connectivity index (χ2n) is 4.56. The molecule has 2 aromatic carbocycles. The first kappa shape index (κ1) is 13.1. The second kappa shape index (κ2) is 5.63. The highest BCUT2D eigenvalue weighted by Gasteiger charge is 2.11. The average molecular weight is 335 g/mol. The van der Waals surface area contributed by atoms with Crippen LogP contribution in [-0.4, -0.2) is 13.2 Å².